The van der Waals surface area contributed by atoms with Crippen molar-refractivity contribution in [2.45, 2.75) is 19.4 Å². The van der Waals surface area contributed by atoms with E-state index in [0.29, 0.717) is 6.54 Å². The fraction of sp³-hybridized carbons (Fsp3) is 0.545. The van der Waals surface area contributed by atoms with Crippen molar-refractivity contribution < 1.29 is 13.2 Å². The first-order valence-corrected chi connectivity index (χ1v) is 8.98. The Morgan fingerprint density at radius 3 is 2.89 bits per heavy atom. The summed E-state index contributed by atoms with van der Waals surface area (Å²) in [7, 11) is 1.69. The Morgan fingerprint density at radius 2 is 2.33 bits per heavy atom. The van der Waals surface area contributed by atoms with E-state index in [0.717, 1.165) is 4.88 Å². The van der Waals surface area contributed by atoms with Crippen molar-refractivity contribution in [1.82, 2.24) is 4.90 Å². The summed E-state index contributed by atoms with van der Waals surface area (Å²) < 4.78 is 22.1. The minimum Gasteiger partial charge on any atom is -0.335 e. The second-order valence-electron chi connectivity index (χ2n) is 4.51. The van der Waals surface area contributed by atoms with Gasteiger partial charge in [0.1, 0.15) is 0 Å². The lowest BCUT2D eigenvalue weighted by Crippen LogP contribution is -2.28. The number of hydrogen-bond donors (Lipinski definition) is 0. The molecule has 2 rings (SSSR count). The van der Waals surface area contributed by atoms with Gasteiger partial charge in [0.15, 0.2) is 0 Å². The number of likely N-dealkylation sites (tertiary alicyclic amines) is 1. The Labute approximate surface area is 115 Å². The standard InChI is InChI=1S/C11H14ClNO3S2/c1-8(10-3-2-4-17-10)13-6-9(5-11(13)14)7-18(12,15)16/h2-4,8-9H,5-7H2,1H3. The molecule has 1 aliphatic rings. The SMILES string of the molecule is CC(c1cccs1)N1CC(CS(=O)(=O)Cl)CC1=O. The Kier molecular flexibility index (Phi) is 3.99. The molecule has 0 N–H and O–H groups in total. The predicted octanol–water partition coefficient (Wildman–Crippen LogP) is 2.23. The van der Waals surface area contributed by atoms with Crippen LogP contribution < -0.4 is 0 Å². The highest BCUT2D eigenvalue weighted by atomic mass is 35.7. The summed E-state index contributed by atoms with van der Waals surface area (Å²) in [5, 5.41) is 1.97. The molecule has 0 radical (unpaired) electrons. The average molecular weight is 308 g/mol. The molecule has 18 heavy (non-hydrogen) atoms. The maximum Gasteiger partial charge on any atom is 0.232 e. The summed E-state index contributed by atoms with van der Waals surface area (Å²) in [6.07, 6.45) is 0.266. The van der Waals surface area contributed by atoms with Crippen molar-refractivity contribution in [2.75, 3.05) is 12.3 Å². The fourth-order valence-electron chi connectivity index (χ4n) is 2.26. The predicted molar refractivity (Wildman–Crippen MR) is 72.2 cm³/mol. The van der Waals surface area contributed by atoms with Gasteiger partial charge in [0, 0.05) is 34.4 Å². The van der Waals surface area contributed by atoms with Crippen LogP contribution in [0.5, 0.6) is 0 Å². The molecular weight excluding hydrogens is 294 g/mol. The molecule has 0 aromatic carbocycles. The van der Waals surface area contributed by atoms with Gasteiger partial charge in [-0.1, -0.05) is 6.07 Å². The third kappa shape index (κ3) is 3.24. The van der Waals surface area contributed by atoms with Crippen LogP contribution in [0.4, 0.5) is 0 Å². The molecule has 4 nitrogen and oxygen atoms in total. The quantitative estimate of drug-likeness (QED) is 0.802. The number of rotatable bonds is 4. The van der Waals surface area contributed by atoms with Gasteiger partial charge in [-0.3, -0.25) is 4.79 Å². The first kappa shape index (κ1) is 13.8. The van der Waals surface area contributed by atoms with Crippen molar-refractivity contribution in [3.05, 3.63) is 22.4 Å². The molecule has 0 saturated carbocycles. The summed E-state index contributed by atoms with van der Waals surface area (Å²) in [5.74, 6) is -0.322. The van der Waals surface area contributed by atoms with E-state index in [2.05, 4.69) is 0 Å². The summed E-state index contributed by atoms with van der Waals surface area (Å²) in [4.78, 5) is 14.7. The van der Waals surface area contributed by atoms with Gasteiger partial charge in [0.25, 0.3) is 0 Å². The monoisotopic (exact) mass is 307 g/mol. The molecule has 1 amide bonds. The Hall–Kier alpha value is -0.590. The maximum atomic E-state index is 11.9. The molecule has 1 aromatic heterocycles. The van der Waals surface area contributed by atoms with Crippen molar-refractivity contribution >= 4 is 37.0 Å². The molecule has 0 bridgehead atoms. The van der Waals surface area contributed by atoms with Gasteiger partial charge >= 0.3 is 0 Å². The molecule has 1 fully saturated rings. The zero-order valence-corrected chi connectivity index (χ0v) is 12.3. The van der Waals surface area contributed by atoms with E-state index in [1.807, 2.05) is 24.4 Å². The first-order chi connectivity index (χ1) is 8.37. The van der Waals surface area contributed by atoms with Crippen LogP contribution in [-0.2, 0) is 13.8 Å². The highest BCUT2D eigenvalue weighted by Gasteiger charge is 2.35. The summed E-state index contributed by atoms with van der Waals surface area (Å²) in [6.45, 7) is 2.42. The maximum absolute atomic E-state index is 11.9. The van der Waals surface area contributed by atoms with Crippen molar-refractivity contribution in [1.29, 1.82) is 0 Å². The molecule has 2 heterocycles. The van der Waals surface area contributed by atoms with Gasteiger partial charge in [-0.25, -0.2) is 8.42 Å². The zero-order valence-electron chi connectivity index (χ0n) is 9.87. The molecule has 1 saturated heterocycles. The Bertz CT molecular complexity index is 526. The van der Waals surface area contributed by atoms with Crippen molar-refractivity contribution in [3.8, 4) is 0 Å². The molecule has 1 aliphatic heterocycles. The summed E-state index contributed by atoms with van der Waals surface area (Å²) in [5.41, 5.74) is 0. The van der Waals surface area contributed by atoms with Crippen LogP contribution in [-0.4, -0.2) is 31.5 Å². The molecular formula is C11H14ClNO3S2. The first-order valence-electron chi connectivity index (χ1n) is 5.62. The number of thiophene rings is 1. The Balaban J connectivity index is 2.06. The lowest BCUT2D eigenvalue weighted by atomic mass is 10.1. The topological polar surface area (TPSA) is 54.5 Å². The van der Waals surface area contributed by atoms with Gasteiger partial charge in [-0.15, -0.1) is 11.3 Å². The molecule has 0 spiro atoms. The minimum absolute atomic E-state index is 0.000490. The fourth-order valence-corrected chi connectivity index (χ4v) is 4.38. The molecule has 0 aliphatic carbocycles. The van der Waals surface area contributed by atoms with Crippen LogP contribution in [0.2, 0.25) is 0 Å². The van der Waals surface area contributed by atoms with Gasteiger partial charge in [-0.05, 0) is 18.4 Å². The molecule has 100 valence electrons. The van der Waals surface area contributed by atoms with Crippen LogP contribution in [0.1, 0.15) is 24.3 Å². The van der Waals surface area contributed by atoms with Crippen LogP contribution >= 0.6 is 22.0 Å². The second-order valence-corrected chi connectivity index (χ2v) is 8.31. The van der Waals surface area contributed by atoms with Gasteiger partial charge in [0.05, 0.1) is 11.8 Å². The van der Waals surface area contributed by atoms with E-state index < -0.39 is 9.05 Å². The summed E-state index contributed by atoms with van der Waals surface area (Å²) in [6, 6.07) is 3.92. The van der Waals surface area contributed by atoms with E-state index >= 15 is 0 Å². The third-order valence-electron chi connectivity index (χ3n) is 3.10. The van der Waals surface area contributed by atoms with Gasteiger partial charge in [0.2, 0.25) is 15.0 Å². The van der Waals surface area contributed by atoms with Crippen LogP contribution in [0.15, 0.2) is 17.5 Å². The van der Waals surface area contributed by atoms with E-state index in [-0.39, 0.29) is 30.0 Å². The van der Waals surface area contributed by atoms with Crippen LogP contribution in [0.25, 0.3) is 0 Å². The normalized spacial score (nSPS) is 22.4. The molecule has 7 heteroatoms. The number of carbonyl (C=O) groups excluding carboxylic acids is 1. The number of nitrogens with zero attached hydrogens (tertiary/aromatic N) is 1. The van der Waals surface area contributed by atoms with Crippen LogP contribution in [0.3, 0.4) is 0 Å². The van der Waals surface area contributed by atoms with E-state index in [1.54, 1.807) is 16.2 Å². The van der Waals surface area contributed by atoms with Crippen molar-refractivity contribution in [2.24, 2.45) is 5.92 Å². The van der Waals surface area contributed by atoms with Gasteiger partial charge < -0.3 is 4.90 Å². The highest BCUT2D eigenvalue weighted by Crippen LogP contribution is 2.31. The Morgan fingerprint density at radius 1 is 1.61 bits per heavy atom. The number of amides is 1. The smallest absolute Gasteiger partial charge is 0.232 e. The number of carbonyl (C=O) groups is 1. The van der Waals surface area contributed by atoms with Crippen molar-refractivity contribution in [3.63, 3.8) is 0 Å². The highest BCUT2D eigenvalue weighted by molar-refractivity contribution is 8.13. The summed E-state index contributed by atoms with van der Waals surface area (Å²) >= 11 is 1.60. The molecule has 2 atom stereocenters. The average Bonchev–Trinajstić information content (AvgIpc) is 2.84. The van der Waals surface area contributed by atoms with E-state index in [1.165, 1.54) is 0 Å². The largest absolute Gasteiger partial charge is 0.335 e. The third-order valence-corrected chi connectivity index (χ3v) is 5.39. The second kappa shape index (κ2) is 5.19. The zero-order chi connectivity index (χ0) is 13.3. The minimum atomic E-state index is -3.54. The van der Waals surface area contributed by atoms with Crippen LogP contribution in [0, 0.1) is 5.92 Å². The lowest BCUT2D eigenvalue weighted by Gasteiger charge is -2.23. The molecule has 2 unspecified atom stereocenters. The van der Waals surface area contributed by atoms with E-state index in [4.69, 9.17) is 10.7 Å². The van der Waals surface area contributed by atoms with E-state index in [9.17, 15) is 13.2 Å². The number of halogens is 1. The molecule has 1 aromatic rings. The lowest BCUT2D eigenvalue weighted by molar-refractivity contribution is -0.129. The number of hydrogen-bond acceptors (Lipinski definition) is 4. The van der Waals surface area contributed by atoms with Gasteiger partial charge in [-0.2, -0.15) is 0 Å².